The quantitative estimate of drug-likeness (QED) is 0.439. The molecule has 0 radical (unpaired) electrons. The van der Waals surface area contributed by atoms with Crippen LogP contribution < -0.4 is 0 Å². The topological polar surface area (TPSA) is 23.8 Å². The van der Waals surface area contributed by atoms with Crippen LogP contribution in [0.1, 0.15) is 39.5 Å². The molecular weight excluding hydrogens is 160 g/mol. The fraction of sp³-hybridized carbons (Fsp3) is 0.909. The lowest BCUT2D eigenvalue weighted by Gasteiger charge is -2.32. The minimum absolute atomic E-state index is 0.667. The van der Waals surface area contributed by atoms with E-state index in [1.54, 1.807) is 0 Å². The van der Waals surface area contributed by atoms with Gasteiger partial charge in [-0.1, -0.05) is 26.7 Å². The molecule has 0 N–H and O–H groups in total. The number of quaternary nitrogens is 1. The second-order valence-corrected chi connectivity index (χ2v) is 4.09. The Morgan fingerprint density at radius 3 is 1.85 bits per heavy atom. The van der Waals surface area contributed by atoms with Crippen molar-refractivity contribution >= 4 is 0 Å². The summed E-state index contributed by atoms with van der Waals surface area (Å²) < 4.78 is 0.943. The van der Waals surface area contributed by atoms with Gasteiger partial charge in [-0.3, -0.25) is 0 Å². The lowest BCUT2D eigenvalue weighted by atomic mass is 10.2. The van der Waals surface area contributed by atoms with E-state index in [1.807, 2.05) is 0 Å². The first-order valence-electron chi connectivity index (χ1n) is 5.39. The predicted octanol–water partition coefficient (Wildman–Crippen LogP) is 2.56. The van der Waals surface area contributed by atoms with E-state index in [9.17, 15) is 0 Å². The van der Waals surface area contributed by atoms with Crippen LogP contribution in [0.5, 0.6) is 0 Å². The molecule has 0 aromatic heterocycles. The van der Waals surface area contributed by atoms with Gasteiger partial charge in [-0.2, -0.15) is 5.26 Å². The summed E-state index contributed by atoms with van der Waals surface area (Å²) in [6, 6.07) is 2.30. The largest absolute Gasteiger partial charge is 0.314 e. The molecule has 0 aromatic carbocycles. The molecule has 0 spiro atoms. The van der Waals surface area contributed by atoms with Gasteiger partial charge in [-0.05, 0) is 12.8 Å². The van der Waals surface area contributed by atoms with Crippen LogP contribution in [0.2, 0.25) is 0 Å². The second kappa shape index (κ2) is 6.91. The van der Waals surface area contributed by atoms with Crippen molar-refractivity contribution < 1.29 is 4.48 Å². The number of nitrogens with zero attached hydrogens (tertiary/aromatic N) is 2. The molecule has 0 aliphatic heterocycles. The Bertz CT molecular complexity index is 150. The number of unbranched alkanes of at least 4 members (excludes halogenated alkanes) is 2. The highest BCUT2D eigenvalue weighted by atomic mass is 15.3. The number of hydrogen-bond donors (Lipinski definition) is 0. The maximum absolute atomic E-state index is 8.73. The van der Waals surface area contributed by atoms with Gasteiger partial charge in [-0.15, -0.1) is 0 Å². The molecule has 0 aliphatic rings. The van der Waals surface area contributed by atoms with Crippen LogP contribution in [0.25, 0.3) is 0 Å². The Labute approximate surface area is 82.8 Å². The molecule has 0 aliphatic carbocycles. The summed E-state index contributed by atoms with van der Waals surface area (Å²) in [6.45, 7) is 7.39. The number of rotatable bonds is 7. The Balaban J connectivity index is 3.93. The molecule has 0 bridgehead atoms. The minimum Gasteiger partial charge on any atom is -0.314 e. The molecule has 2 nitrogen and oxygen atoms in total. The average Bonchev–Trinajstić information content (AvgIpc) is 2.12. The van der Waals surface area contributed by atoms with Crippen LogP contribution in [0.3, 0.4) is 0 Å². The summed E-state index contributed by atoms with van der Waals surface area (Å²) in [5.74, 6) is 0. The SMILES string of the molecule is CCCC[N+](C)(CC#N)CCCC. The fourth-order valence-electron chi connectivity index (χ4n) is 1.52. The Morgan fingerprint density at radius 2 is 1.54 bits per heavy atom. The zero-order chi connectivity index (χ0) is 10.2. The van der Waals surface area contributed by atoms with Gasteiger partial charge in [0, 0.05) is 0 Å². The van der Waals surface area contributed by atoms with Crippen molar-refractivity contribution in [3.63, 3.8) is 0 Å². The van der Waals surface area contributed by atoms with Gasteiger partial charge in [0.25, 0.3) is 0 Å². The highest BCUT2D eigenvalue weighted by Gasteiger charge is 2.18. The van der Waals surface area contributed by atoms with Gasteiger partial charge >= 0.3 is 0 Å². The fourth-order valence-corrected chi connectivity index (χ4v) is 1.52. The number of hydrogen-bond acceptors (Lipinski definition) is 1. The molecule has 13 heavy (non-hydrogen) atoms. The van der Waals surface area contributed by atoms with Crippen molar-refractivity contribution in [3.05, 3.63) is 0 Å². The lowest BCUT2D eigenvalue weighted by molar-refractivity contribution is -0.903. The van der Waals surface area contributed by atoms with Crippen LogP contribution >= 0.6 is 0 Å². The monoisotopic (exact) mass is 183 g/mol. The summed E-state index contributed by atoms with van der Waals surface area (Å²) in [7, 11) is 2.20. The van der Waals surface area contributed by atoms with Crippen molar-refractivity contribution in [2.45, 2.75) is 39.5 Å². The lowest BCUT2D eigenvalue weighted by Crippen LogP contribution is -2.45. The van der Waals surface area contributed by atoms with E-state index in [-0.39, 0.29) is 0 Å². The molecule has 0 atom stereocenters. The summed E-state index contributed by atoms with van der Waals surface area (Å²) >= 11 is 0. The van der Waals surface area contributed by atoms with E-state index in [1.165, 1.54) is 25.7 Å². The van der Waals surface area contributed by atoms with Crippen LogP contribution in [0.4, 0.5) is 0 Å². The smallest absolute Gasteiger partial charge is 0.166 e. The molecule has 0 unspecified atom stereocenters. The second-order valence-electron chi connectivity index (χ2n) is 4.09. The summed E-state index contributed by atoms with van der Waals surface area (Å²) in [5.41, 5.74) is 0. The first kappa shape index (κ1) is 12.4. The third-order valence-corrected chi connectivity index (χ3v) is 2.56. The van der Waals surface area contributed by atoms with Crippen LogP contribution in [0.15, 0.2) is 0 Å². The molecule has 0 heterocycles. The molecule has 0 saturated heterocycles. The summed E-state index contributed by atoms with van der Waals surface area (Å²) in [6.07, 6.45) is 4.93. The minimum atomic E-state index is 0.667. The third-order valence-electron chi connectivity index (χ3n) is 2.56. The van der Waals surface area contributed by atoms with Crippen molar-refractivity contribution in [1.29, 1.82) is 5.26 Å². The van der Waals surface area contributed by atoms with Gasteiger partial charge < -0.3 is 4.48 Å². The van der Waals surface area contributed by atoms with E-state index in [0.717, 1.165) is 17.6 Å². The van der Waals surface area contributed by atoms with Crippen LogP contribution in [-0.4, -0.2) is 31.2 Å². The van der Waals surface area contributed by atoms with Crippen molar-refractivity contribution in [2.75, 3.05) is 26.7 Å². The third kappa shape index (κ3) is 5.65. The predicted molar refractivity (Wildman–Crippen MR) is 56.2 cm³/mol. The first-order valence-corrected chi connectivity index (χ1v) is 5.39. The molecule has 76 valence electrons. The maximum atomic E-state index is 8.73. The highest BCUT2D eigenvalue weighted by Crippen LogP contribution is 2.07. The van der Waals surface area contributed by atoms with Crippen molar-refractivity contribution in [2.24, 2.45) is 0 Å². The average molecular weight is 183 g/mol. The Morgan fingerprint density at radius 1 is 1.08 bits per heavy atom. The van der Waals surface area contributed by atoms with Gasteiger partial charge in [0.2, 0.25) is 0 Å². The molecule has 0 aromatic rings. The van der Waals surface area contributed by atoms with Gasteiger partial charge in [0.15, 0.2) is 6.54 Å². The van der Waals surface area contributed by atoms with E-state index in [0.29, 0.717) is 6.54 Å². The summed E-state index contributed by atoms with van der Waals surface area (Å²) in [4.78, 5) is 0. The zero-order valence-corrected chi connectivity index (χ0v) is 9.34. The van der Waals surface area contributed by atoms with Crippen molar-refractivity contribution in [1.82, 2.24) is 0 Å². The van der Waals surface area contributed by atoms with E-state index >= 15 is 0 Å². The zero-order valence-electron chi connectivity index (χ0n) is 9.34. The Kier molecular flexibility index (Phi) is 6.62. The van der Waals surface area contributed by atoms with E-state index < -0.39 is 0 Å². The molecule has 2 heteroatoms. The maximum Gasteiger partial charge on any atom is 0.166 e. The first-order chi connectivity index (χ1) is 6.18. The van der Waals surface area contributed by atoms with Crippen molar-refractivity contribution in [3.8, 4) is 6.07 Å². The standard InChI is InChI=1S/C11H23N2/c1-4-6-9-13(3,11-8-12)10-7-5-2/h4-7,9-11H2,1-3H3/q+1. The molecule has 0 rings (SSSR count). The van der Waals surface area contributed by atoms with Gasteiger partial charge in [-0.25, -0.2) is 0 Å². The van der Waals surface area contributed by atoms with Gasteiger partial charge in [0.05, 0.1) is 20.1 Å². The van der Waals surface area contributed by atoms with Crippen LogP contribution in [0, 0.1) is 11.3 Å². The Hall–Kier alpha value is -0.550. The highest BCUT2D eigenvalue weighted by molar-refractivity contribution is 4.68. The van der Waals surface area contributed by atoms with E-state index in [4.69, 9.17) is 5.26 Å². The normalized spacial score (nSPS) is 11.2. The molecule has 0 saturated carbocycles. The molecular formula is C11H23N2+. The van der Waals surface area contributed by atoms with Gasteiger partial charge in [0.1, 0.15) is 6.07 Å². The number of nitriles is 1. The van der Waals surface area contributed by atoms with Crippen LogP contribution in [-0.2, 0) is 0 Å². The van der Waals surface area contributed by atoms with E-state index in [2.05, 4.69) is 27.0 Å². The molecule has 0 amide bonds. The summed E-state index contributed by atoms with van der Waals surface area (Å²) in [5, 5.41) is 8.73. The molecule has 0 fully saturated rings.